The molecule has 0 saturated carbocycles. The smallest absolute Gasteiger partial charge is 0.267 e. The topological polar surface area (TPSA) is 84.6 Å². The van der Waals surface area contributed by atoms with E-state index in [1.807, 2.05) is 31.2 Å². The number of carbonyl (C=O) groups is 1. The number of nitrogens with zero attached hydrogens (tertiary/aromatic N) is 2. The van der Waals surface area contributed by atoms with Gasteiger partial charge in [-0.2, -0.15) is 5.10 Å². The minimum atomic E-state index is -0.516. The zero-order chi connectivity index (χ0) is 15.2. The monoisotopic (exact) mass is 283 g/mol. The lowest BCUT2D eigenvalue weighted by Gasteiger charge is -2.00. The highest BCUT2D eigenvalue weighted by molar-refractivity contribution is 5.95. The van der Waals surface area contributed by atoms with Gasteiger partial charge in [0, 0.05) is 17.7 Å². The largest absolute Gasteiger partial charge is 0.271 e. The first-order valence-corrected chi connectivity index (χ1v) is 6.21. The maximum atomic E-state index is 11.8. The number of carbonyl (C=O) groups excluding carboxylic acids is 1. The van der Waals surface area contributed by atoms with Crippen LogP contribution in [0.15, 0.2) is 53.6 Å². The molecule has 0 atom stereocenters. The number of nitro groups is 1. The highest BCUT2D eigenvalue weighted by atomic mass is 16.6. The van der Waals surface area contributed by atoms with Crippen molar-refractivity contribution in [3.8, 4) is 0 Å². The van der Waals surface area contributed by atoms with Crippen molar-refractivity contribution in [3.05, 3.63) is 75.3 Å². The van der Waals surface area contributed by atoms with Gasteiger partial charge in [0.2, 0.25) is 0 Å². The standard InChI is InChI=1S/C15H13N3O3/c1-11-4-2-3-5-13(11)10-16-17-15(19)12-6-8-14(9-7-12)18(20)21/h2-10H,1H3,(H,17,19)/b16-10-. The van der Waals surface area contributed by atoms with E-state index in [-0.39, 0.29) is 5.69 Å². The van der Waals surface area contributed by atoms with Crippen LogP contribution in [-0.4, -0.2) is 17.0 Å². The van der Waals surface area contributed by atoms with Crippen molar-refractivity contribution in [3.63, 3.8) is 0 Å². The Hall–Kier alpha value is -3.02. The minimum Gasteiger partial charge on any atom is -0.267 e. The predicted molar refractivity (Wildman–Crippen MR) is 79.3 cm³/mol. The lowest BCUT2D eigenvalue weighted by atomic mass is 10.1. The number of hydrogen-bond donors (Lipinski definition) is 1. The van der Waals surface area contributed by atoms with Gasteiger partial charge in [0.1, 0.15) is 0 Å². The average molecular weight is 283 g/mol. The van der Waals surface area contributed by atoms with Crippen molar-refractivity contribution in [1.82, 2.24) is 5.43 Å². The van der Waals surface area contributed by atoms with Crippen LogP contribution in [0.4, 0.5) is 5.69 Å². The number of hydrogen-bond acceptors (Lipinski definition) is 4. The van der Waals surface area contributed by atoms with Gasteiger partial charge in [-0.3, -0.25) is 14.9 Å². The molecule has 0 spiro atoms. The molecule has 0 aromatic heterocycles. The quantitative estimate of drug-likeness (QED) is 0.532. The fourth-order valence-corrected chi connectivity index (χ4v) is 1.69. The highest BCUT2D eigenvalue weighted by Gasteiger charge is 2.08. The van der Waals surface area contributed by atoms with E-state index in [1.54, 1.807) is 6.21 Å². The summed E-state index contributed by atoms with van der Waals surface area (Å²) in [7, 11) is 0. The molecule has 106 valence electrons. The van der Waals surface area contributed by atoms with Crippen molar-refractivity contribution >= 4 is 17.8 Å². The van der Waals surface area contributed by atoms with Crippen molar-refractivity contribution in [1.29, 1.82) is 0 Å². The van der Waals surface area contributed by atoms with Gasteiger partial charge < -0.3 is 0 Å². The van der Waals surface area contributed by atoms with Gasteiger partial charge in [-0.25, -0.2) is 5.43 Å². The molecule has 0 saturated heterocycles. The van der Waals surface area contributed by atoms with Gasteiger partial charge >= 0.3 is 0 Å². The Balaban J connectivity index is 2.02. The number of amides is 1. The third-order valence-corrected chi connectivity index (χ3v) is 2.90. The summed E-state index contributed by atoms with van der Waals surface area (Å²) in [5.41, 5.74) is 4.58. The molecule has 6 heteroatoms. The lowest BCUT2D eigenvalue weighted by Crippen LogP contribution is -2.17. The second-order valence-electron chi connectivity index (χ2n) is 4.36. The molecule has 21 heavy (non-hydrogen) atoms. The average Bonchev–Trinajstić information content (AvgIpc) is 2.49. The van der Waals surface area contributed by atoms with Crippen LogP contribution in [0.1, 0.15) is 21.5 Å². The molecule has 0 aliphatic rings. The van der Waals surface area contributed by atoms with Gasteiger partial charge in [0.25, 0.3) is 11.6 Å². The number of non-ortho nitro benzene ring substituents is 1. The molecule has 0 fully saturated rings. The second-order valence-corrected chi connectivity index (χ2v) is 4.36. The van der Waals surface area contributed by atoms with Crippen LogP contribution in [-0.2, 0) is 0 Å². The van der Waals surface area contributed by atoms with Crippen LogP contribution in [0.25, 0.3) is 0 Å². The van der Waals surface area contributed by atoms with E-state index in [4.69, 9.17) is 0 Å². The summed E-state index contributed by atoms with van der Waals surface area (Å²) in [5, 5.41) is 14.4. The predicted octanol–water partition coefficient (Wildman–Crippen LogP) is 2.67. The molecule has 2 aromatic carbocycles. The van der Waals surface area contributed by atoms with Gasteiger partial charge in [-0.05, 0) is 30.2 Å². The maximum absolute atomic E-state index is 11.8. The van der Waals surface area contributed by atoms with Crippen LogP contribution in [0.5, 0.6) is 0 Å². The summed E-state index contributed by atoms with van der Waals surface area (Å²) < 4.78 is 0. The number of nitrogens with one attached hydrogen (secondary N) is 1. The lowest BCUT2D eigenvalue weighted by molar-refractivity contribution is -0.384. The van der Waals surface area contributed by atoms with E-state index in [0.717, 1.165) is 11.1 Å². The Morgan fingerprint density at radius 1 is 1.19 bits per heavy atom. The first-order chi connectivity index (χ1) is 10.1. The van der Waals surface area contributed by atoms with Gasteiger partial charge in [-0.15, -0.1) is 0 Å². The van der Waals surface area contributed by atoms with Crippen LogP contribution in [0, 0.1) is 17.0 Å². The molecular weight excluding hydrogens is 270 g/mol. The van der Waals surface area contributed by atoms with Crippen molar-refractivity contribution in [2.75, 3.05) is 0 Å². The summed E-state index contributed by atoms with van der Waals surface area (Å²) in [6.07, 6.45) is 1.55. The van der Waals surface area contributed by atoms with Crippen LogP contribution in [0.3, 0.4) is 0 Å². The summed E-state index contributed by atoms with van der Waals surface area (Å²) in [5.74, 6) is -0.422. The fourth-order valence-electron chi connectivity index (χ4n) is 1.69. The summed E-state index contributed by atoms with van der Waals surface area (Å²) in [6.45, 7) is 1.94. The maximum Gasteiger partial charge on any atom is 0.271 e. The van der Waals surface area contributed by atoms with Crippen LogP contribution in [0.2, 0.25) is 0 Å². The molecular formula is C15H13N3O3. The molecule has 0 heterocycles. The zero-order valence-corrected chi connectivity index (χ0v) is 11.3. The normalized spacial score (nSPS) is 10.5. The fraction of sp³-hybridized carbons (Fsp3) is 0.0667. The summed E-state index contributed by atoms with van der Waals surface area (Å²) in [4.78, 5) is 21.8. The Morgan fingerprint density at radius 2 is 1.86 bits per heavy atom. The van der Waals surface area contributed by atoms with Crippen molar-refractivity contribution in [2.24, 2.45) is 5.10 Å². The van der Waals surface area contributed by atoms with E-state index >= 15 is 0 Å². The molecule has 0 bridgehead atoms. The number of nitro benzene ring substituents is 1. The molecule has 0 aliphatic carbocycles. The number of benzene rings is 2. The Kier molecular flexibility index (Phi) is 4.40. The van der Waals surface area contributed by atoms with Gasteiger partial charge in [0.05, 0.1) is 11.1 Å². The third kappa shape index (κ3) is 3.73. The van der Waals surface area contributed by atoms with Crippen LogP contribution >= 0.6 is 0 Å². The summed E-state index contributed by atoms with van der Waals surface area (Å²) in [6, 6.07) is 13.0. The molecule has 2 aromatic rings. The number of hydrazone groups is 1. The SMILES string of the molecule is Cc1ccccc1/C=N\NC(=O)c1ccc([N+](=O)[O-])cc1. The first kappa shape index (κ1) is 14.4. The van der Waals surface area contributed by atoms with E-state index in [1.165, 1.54) is 24.3 Å². The Bertz CT molecular complexity index is 694. The van der Waals surface area contributed by atoms with Crippen LogP contribution < -0.4 is 5.43 Å². The Morgan fingerprint density at radius 3 is 2.48 bits per heavy atom. The van der Waals surface area contributed by atoms with Gasteiger partial charge in [-0.1, -0.05) is 24.3 Å². The molecule has 1 N–H and O–H groups in total. The van der Waals surface area contributed by atoms with E-state index < -0.39 is 10.8 Å². The first-order valence-electron chi connectivity index (χ1n) is 6.21. The molecule has 0 radical (unpaired) electrons. The highest BCUT2D eigenvalue weighted by Crippen LogP contribution is 2.11. The molecule has 6 nitrogen and oxygen atoms in total. The zero-order valence-electron chi connectivity index (χ0n) is 11.3. The number of rotatable bonds is 4. The van der Waals surface area contributed by atoms with E-state index in [2.05, 4.69) is 10.5 Å². The second kappa shape index (κ2) is 6.42. The third-order valence-electron chi connectivity index (χ3n) is 2.90. The molecule has 0 aliphatic heterocycles. The van der Waals surface area contributed by atoms with Gasteiger partial charge in [0.15, 0.2) is 0 Å². The summed E-state index contributed by atoms with van der Waals surface area (Å²) >= 11 is 0. The minimum absolute atomic E-state index is 0.0602. The number of aryl methyl sites for hydroxylation is 1. The van der Waals surface area contributed by atoms with E-state index in [9.17, 15) is 14.9 Å². The van der Waals surface area contributed by atoms with E-state index in [0.29, 0.717) is 5.56 Å². The van der Waals surface area contributed by atoms with Crippen molar-refractivity contribution in [2.45, 2.75) is 6.92 Å². The van der Waals surface area contributed by atoms with Crippen molar-refractivity contribution < 1.29 is 9.72 Å². The molecule has 2 rings (SSSR count). The molecule has 0 unspecified atom stereocenters. The molecule has 1 amide bonds. The Labute approximate surface area is 121 Å².